The molecule has 3 rings (SSSR count). The Hall–Kier alpha value is -2.89. The number of rotatable bonds is 4. The summed E-state index contributed by atoms with van der Waals surface area (Å²) in [6.07, 6.45) is 1.42. The number of para-hydroxylation sites is 1. The van der Waals surface area contributed by atoms with Gasteiger partial charge in [-0.15, -0.1) is 0 Å². The minimum Gasteiger partial charge on any atom is -0.476 e. The maximum atomic E-state index is 6.06. The summed E-state index contributed by atoms with van der Waals surface area (Å²) in [5, 5.41) is 4.27. The highest BCUT2D eigenvalue weighted by Crippen LogP contribution is 2.30. The zero-order chi connectivity index (χ0) is 15.5. The smallest absolute Gasteiger partial charge is 0.242 e. The fourth-order valence-electron chi connectivity index (χ4n) is 2.20. The van der Waals surface area contributed by atoms with E-state index in [-0.39, 0.29) is 0 Å². The van der Waals surface area contributed by atoms with Crippen LogP contribution in [0.15, 0.2) is 36.7 Å². The highest BCUT2D eigenvalue weighted by Gasteiger charge is 2.11. The predicted octanol–water partition coefficient (Wildman–Crippen LogP) is 3.06. The van der Waals surface area contributed by atoms with Crippen molar-refractivity contribution in [3.63, 3.8) is 0 Å². The van der Waals surface area contributed by atoms with E-state index in [4.69, 9.17) is 10.5 Å². The number of ether oxygens (including phenoxy) is 1. The topological polar surface area (TPSA) is 86.0 Å². The number of hydrogen-bond donors (Lipinski definition) is 2. The Balaban J connectivity index is 2.03. The molecule has 0 unspecified atom stereocenters. The van der Waals surface area contributed by atoms with E-state index in [0.717, 1.165) is 22.3 Å². The van der Waals surface area contributed by atoms with Gasteiger partial charge in [-0.05, 0) is 26.0 Å². The fourth-order valence-corrected chi connectivity index (χ4v) is 2.20. The predicted molar refractivity (Wildman–Crippen MR) is 87.4 cm³/mol. The van der Waals surface area contributed by atoms with Crippen LogP contribution in [0, 0.1) is 6.92 Å². The quantitative estimate of drug-likeness (QED) is 0.769. The van der Waals surface area contributed by atoms with Gasteiger partial charge in [-0.2, -0.15) is 4.98 Å². The lowest BCUT2D eigenvalue weighted by Crippen LogP contribution is -2.05. The number of pyridine rings is 1. The van der Waals surface area contributed by atoms with E-state index < -0.39 is 0 Å². The van der Waals surface area contributed by atoms with Crippen molar-refractivity contribution in [1.82, 2.24) is 15.0 Å². The molecule has 0 aliphatic carbocycles. The van der Waals surface area contributed by atoms with Crippen molar-refractivity contribution >= 4 is 28.1 Å². The summed E-state index contributed by atoms with van der Waals surface area (Å²) in [6.45, 7) is 4.34. The maximum Gasteiger partial charge on any atom is 0.242 e. The molecule has 2 heterocycles. The van der Waals surface area contributed by atoms with Gasteiger partial charge < -0.3 is 15.8 Å². The number of aromatic nitrogens is 3. The van der Waals surface area contributed by atoms with Crippen molar-refractivity contribution in [2.45, 2.75) is 13.8 Å². The molecule has 0 spiro atoms. The van der Waals surface area contributed by atoms with Crippen LogP contribution in [0.4, 0.5) is 17.2 Å². The minimum atomic E-state index is 0.379. The van der Waals surface area contributed by atoms with Crippen molar-refractivity contribution in [2.75, 3.05) is 17.7 Å². The second-order valence-corrected chi connectivity index (χ2v) is 4.83. The Morgan fingerprint density at radius 3 is 2.86 bits per heavy atom. The van der Waals surface area contributed by atoms with Crippen LogP contribution >= 0.6 is 0 Å². The number of anilines is 3. The zero-order valence-corrected chi connectivity index (χ0v) is 12.5. The van der Waals surface area contributed by atoms with Gasteiger partial charge in [-0.3, -0.25) is 4.98 Å². The molecule has 0 saturated carbocycles. The van der Waals surface area contributed by atoms with Gasteiger partial charge in [0.05, 0.1) is 17.8 Å². The van der Waals surface area contributed by atoms with E-state index in [2.05, 4.69) is 20.3 Å². The molecule has 6 heteroatoms. The molecule has 6 nitrogen and oxygen atoms in total. The van der Waals surface area contributed by atoms with Crippen LogP contribution < -0.4 is 15.8 Å². The highest BCUT2D eigenvalue weighted by molar-refractivity contribution is 5.93. The number of benzene rings is 1. The first-order chi connectivity index (χ1) is 10.7. The number of nitrogens with two attached hydrogens (primary N) is 1. The number of nitrogens with one attached hydrogen (secondary N) is 1. The lowest BCUT2D eigenvalue weighted by molar-refractivity contribution is 0.328. The monoisotopic (exact) mass is 295 g/mol. The molecule has 0 radical (unpaired) electrons. The lowest BCUT2D eigenvalue weighted by atomic mass is 10.1. The molecule has 0 saturated heterocycles. The van der Waals surface area contributed by atoms with Gasteiger partial charge in [0, 0.05) is 11.1 Å². The number of aryl methyl sites for hydroxylation is 1. The van der Waals surface area contributed by atoms with Crippen LogP contribution in [-0.2, 0) is 0 Å². The molecule has 2 aromatic heterocycles. The molecule has 0 atom stereocenters. The Morgan fingerprint density at radius 1 is 1.18 bits per heavy atom. The molecule has 3 N–H and O–H groups in total. The molecule has 1 aromatic carbocycles. The normalized spacial score (nSPS) is 10.6. The van der Waals surface area contributed by atoms with E-state index >= 15 is 0 Å². The van der Waals surface area contributed by atoms with Gasteiger partial charge in [-0.25, -0.2) is 4.98 Å². The third-order valence-electron chi connectivity index (χ3n) is 3.24. The van der Waals surface area contributed by atoms with Crippen molar-refractivity contribution in [2.24, 2.45) is 0 Å². The first kappa shape index (κ1) is 14.1. The van der Waals surface area contributed by atoms with Crippen molar-refractivity contribution in [3.8, 4) is 5.88 Å². The largest absolute Gasteiger partial charge is 0.476 e. The summed E-state index contributed by atoms with van der Waals surface area (Å²) in [6, 6.07) is 9.94. The van der Waals surface area contributed by atoms with E-state index in [1.165, 1.54) is 6.33 Å². The Morgan fingerprint density at radius 2 is 2.05 bits per heavy atom. The van der Waals surface area contributed by atoms with Crippen molar-refractivity contribution < 1.29 is 4.74 Å². The molecule has 0 aliphatic rings. The van der Waals surface area contributed by atoms with Gasteiger partial charge >= 0.3 is 0 Å². The minimum absolute atomic E-state index is 0.379. The van der Waals surface area contributed by atoms with E-state index in [0.29, 0.717) is 24.0 Å². The van der Waals surface area contributed by atoms with Crippen LogP contribution in [0.25, 0.3) is 10.9 Å². The Bertz CT molecular complexity index is 819. The van der Waals surface area contributed by atoms with Crippen molar-refractivity contribution in [3.05, 3.63) is 42.4 Å². The highest BCUT2D eigenvalue weighted by atomic mass is 16.5. The molecular formula is C16H17N5O. The summed E-state index contributed by atoms with van der Waals surface area (Å²) >= 11 is 0. The van der Waals surface area contributed by atoms with E-state index in [9.17, 15) is 0 Å². The molecule has 0 aliphatic heterocycles. The van der Waals surface area contributed by atoms with Crippen LogP contribution in [-0.4, -0.2) is 21.6 Å². The first-order valence-corrected chi connectivity index (χ1v) is 7.05. The third-order valence-corrected chi connectivity index (χ3v) is 3.24. The van der Waals surface area contributed by atoms with Crippen LogP contribution in [0.3, 0.4) is 0 Å². The third kappa shape index (κ3) is 2.63. The van der Waals surface area contributed by atoms with Crippen LogP contribution in [0.2, 0.25) is 0 Å². The van der Waals surface area contributed by atoms with Crippen LogP contribution in [0.1, 0.15) is 12.6 Å². The Kier molecular flexibility index (Phi) is 3.74. The maximum absolute atomic E-state index is 6.06. The second-order valence-electron chi connectivity index (χ2n) is 4.83. The van der Waals surface area contributed by atoms with Gasteiger partial charge in [0.2, 0.25) is 5.88 Å². The number of hydrogen-bond acceptors (Lipinski definition) is 6. The average Bonchev–Trinajstić information content (AvgIpc) is 2.52. The summed E-state index contributed by atoms with van der Waals surface area (Å²) in [5.41, 5.74) is 9.11. The van der Waals surface area contributed by atoms with Gasteiger partial charge in [0.1, 0.15) is 12.0 Å². The van der Waals surface area contributed by atoms with Gasteiger partial charge in [0.25, 0.3) is 0 Å². The second kappa shape index (κ2) is 5.85. The lowest BCUT2D eigenvalue weighted by Gasteiger charge is -2.12. The zero-order valence-electron chi connectivity index (χ0n) is 12.5. The fraction of sp³-hybridized carbons (Fsp3) is 0.188. The van der Waals surface area contributed by atoms with Crippen LogP contribution in [0.5, 0.6) is 5.88 Å². The standard InChI is InChI=1S/C16H17N5O/c1-3-22-16-13(17)15(18-9-19-16)21-12-6-4-5-11-8-7-10(2)20-14(11)12/h4-9H,3,17H2,1-2H3,(H,18,19,21). The van der Waals surface area contributed by atoms with Gasteiger partial charge in [0.15, 0.2) is 5.82 Å². The average molecular weight is 295 g/mol. The number of nitrogens with zero attached hydrogens (tertiary/aromatic N) is 3. The molecule has 3 aromatic rings. The first-order valence-electron chi connectivity index (χ1n) is 7.05. The number of fused-ring (bicyclic) bond motifs is 1. The molecule has 0 bridgehead atoms. The van der Waals surface area contributed by atoms with Gasteiger partial charge in [-0.1, -0.05) is 18.2 Å². The summed E-state index contributed by atoms with van der Waals surface area (Å²) < 4.78 is 5.39. The summed E-state index contributed by atoms with van der Waals surface area (Å²) in [7, 11) is 0. The SMILES string of the molecule is CCOc1ncnc(Nc2cccc3ccc(C)nc23)c1N. The van der Waals surface area contributed by atoms with E-state index in [1.54, 1.807) is 0 Å². The molecule has 22 heavy (non-hydrogen) atoms. The van der Waals surface area contributed by atoms with Crippen molar-refractivity contribution in [1.29, 1.82) is 0 Å². The number of nitrogen functional groups attached to an aromatic ring is 1. The van der Waals surface area contributed by atoms with E-state index in [1.807, 2.05) is 44.2 Å². The molecular weight excluding hydrogens is 278 g/mol. The Labute approximate surface area is 128 Å². The molecule has 0 amide bonds. The molecule has 112 valence electrons. The summed E-state index contributed by atoms with van der Waals surface area (Å²) in [4.78, 5) is 12.8. The summed E-state index contributed by atoms with van der Waals surface area (Å²) in [5.74, 6) is 0.888. The molecule has 0 fully saturated rings.